The number of carboxylic acids is 1. The van der Waals surface area contributed by atoms with Crippen molar-refractivity contribution in [3.8, 4) is 0 Å². The molecule has 0 saturated heterocycles. The van der Waals surface area contributed by atoms with E-state index < -0.39 is 18.4 Å². The summed E-state index contributed by atoms with van der Waals surface area (Å²) in [4.78, 5) is 26.3. The molecular weight excluding hydrogens is 248 g/mol. The molecular formula is C12H14N4O3. The Morgan fingerprint density at radius 1 is 1.42 bits per heavy atom. The van der Waals surface area contributed by atoms with Crippen molar-refractivity contribution in [3.63, 3.8) is 0 Å². The number of carbonyl (C=O) groups is 2. The van der Waals surface area contributed by atoms with Crippen molar-refractivity contribution in [2.24, 2.45) is 4.99 Å². The minimum atomic E-state index is -1.08. The Hall–Kier alpha value is -2.57. The van der Waals surface area contributed by atoms with Crippen molar-refractivity contribution < 1.29 is 14.7 Å². The Balaban J connectivity index is 2.01. The van der Waals surface area contributed by atoms with Crippen molar-refractivity contribution in [2.75, 3.05) is 25.0 Å². The molecule has 1 amide bonds. The number of amides is 1. The normalized spacial score (nSPS) is 13.4. The van der Waals surface area contributed by atoms with Gasteiger partial charge in [0, 0.05) is 17.8 Å². The first-order valence-electron chi connectivity index (χ1n) is 5.80. The lowest BCUT2D eigenvalue weighted by atomic mass is 10.2. The summed E-state index contributed by atoms with van der Waals surface area (Å²) in [5.74, 6) is -0.831. The van der Waals surface area contributed by atoms with Crippen LogP contribution in [-0.2, 0) is 4.79 Å². The van der Waals surface area contributed by atoms with Crippen molar-refractivity contribution in [1.82, 2.24) is 10.6 Å². The predicted octanol–water partition coefficient (Wildman–Crippen LogP) is -0.128. The van der Waals surface area contributed by atoms with E-state index in [0.717, 1.165) is 18.8 Å². The Bertz CT molecular complexity index is 527. The molecule has 0 bridgehead atoms. The molecule has 0 aliphatic carbocycles. The van der Waals surface area contributed by atoms with Crippen LogP contribution < -0.4 is 16.0 Å². The molecule has 19 heavy (non-hydrogen) atoms. The Kier molecular flexibility index (Phi) is 3.97. The molecule has 0 radical (unpaired) electrons. The van der Waals surface area contributed by atoms with E-state index in [4.69, 9.17) is 5.11 Å². The molecule has 4 N–H and O–H groups in total. The van der Waals surface area contributed by atoms with Gasteiger partial charge >= 0.3 is 5.97 Å². The number of benzene rings is 1. The largest absolute Gasteiger partial charge is 0.480 e. The highest BCUT2D eigenvalue weighted by molar-refractivity contribution is 5.99. The number of nitrogens with zero attached hydrogens (tertiary/aromatic N) is 1. The van der Waals surface area contributed by atoms with Crippen LogP contribution >= 0.6 is 0 Å². The fourth-order valence-corrected chi connectivity index (χ4v) is 1.61. The molecule has 7 nitrogen and oxygen atoms in total. The Labute approximate surface area is 109 Å². The van der Waals surface area contributed by atoms with E-state index in [1.54, 1.807) is 24.3 Å². The molecule has 7 heteroatoms. The number of anilines is 1. The molecule has 1 aromatic rings. The summed E-state index contributed by atoms with van der Waals surface area (Å²) in [5, 5.41) is 16.9. The average molecular weight is 262 g/mol. The third-order valence-corrected chi connectivity index (χ3v) is 2.46. The number of aliphatic imine (C=N–C) groups is 1. The van der Waals surface area contributed by atoms with Crippen LogP contribution in [0.5, 0.6) is 0 Å². The summed E-state index contributed by atoms with van der Waals surface area (Å²) in [7, 11) is 0. The van der Waals surface area contributed by atoms with Gasteiger partial charge in [-0.2, -0.15) is 0 Å². The minimum absolute atomic E-state index is 0.393. The molecule has 0 unspecified atom stereocenters. The van der Waals surface area contributed by atoms with Gasteiger partial charge in [-0.3, -0.25) is 14.6 Å². The number of nitrogens with one attached hydrogen (secondary N) is 3. The van der Waals surface area contributed by atoms with Gasteiger partial charge in [-0.1, -0.05) is 6.07 Å². The number of carbonyl (C=O) groups excluding carboxylic acids is 1. The number of hydrogen-bond donors (Lipinski definition) is 4. The average Bonchev–Trinajstić information content (AvgIpc) is 2.89. The number of hydrogen-bond acceptors (Lipinski definition) is 5. The molecule has 0 saturated carbocycles. The minimum Gasteiger partial charge on any atom is -0.480 e. The third-order valence-electron chi connectivity index (χ3n) is 2.46. The van der Waals surface area contributed by atoms with E-state index in [0.29, 0.717) is 11.5 Å². The highest BCUT2D eigenvalue weighted by Crippen LogP contribution is 2.10. The third kappa shape index (κ3) is 3.70. The van der Waals surface area contributed by atoms with Crippen molar-refractivity contribution in [1.29, 1.82) is 0 Å². The standard InChI is InChI=1S/C12H14N4O3/c17-10(18)7-15-11(19)8-2-1-3-9(6-8)16-12-13-4-5-14-12/h1-3,6H,4-5,7H2,(H,15,19)(H,17,18)(H2,13,14,16). The van der Waals surface area contributed by atoms with Gasteiger partial charge in [0.05, 0.1) is 6.54 Å². The maximum absolute atomic E-state index is 11.7. The van der Waals surface area contributed by atoms with Gasteiger partial charge in [-0.25, -0.2) is 0 Å². The van der Waals surface area contributed by atoms with Gasteiger partial charge in [0.15, 0.2) is 5.96 Å². The molecule has 1 heterocycles. The second-order valence-corrected chi connectivity index (χ2v) is 3.94. The first kappa shape index (κ1) is 12.9. The predicted molar refractivity (Wildman–Crippen MR) is 70.3 cm³/mol. The molecule has 1 aromatic carbocycles. The quantitative estimate of drug-likeness (QED) is 0.605. The fraction of sp³-hybridized carbons (Fsp3) is 0.250. The zero-order chi connectivity index (χ0) is 13.7. The first-order valence-corrected chi connectivity index (χ1v) is 5.80. The summed E-state index contributed by atoms with van der Waals surface area (Å²) < 4.78 is 0. The van der Waals surface area contributed by atoms with Gasteiger partial charge in [0.2, 0.25) is 0 Å². The summed E-state index contributed by atoms with van der Waals surface area (Å²) >= 11 is 0. The molecule has 100 valence electrons. The second kappa shape index (κ2) is 5.85. The topological polar surface area (TPSA) is 103 Å². The molecule has 2 rings (SSSR count). The van der Waals surface area contributed by atoms with Gasteiger partial charge in [0.1, 0.15) is 6.54 Å². The maximum atomic E-state index is 11.7. The first-order chi connectivity index (χ1) is 9.15. The molecule has 0 fully saturated rings. The van der Waals surface area contributed by atoms with Gasteiger partial charge < -0.3 is 21.1 Å². The van der Waals surface area contributed by atoms with Gasteiger partial charge in [0.25, 0.3) is 5.91 Å². The zero-order valence-electron chi connectivity index (χ0n) is 10.1. The highest BCUT2D eigenvalue weighted by atomic mass is 16.4. The van der Waals surface area contributed by atoms with Gasteiger partial charge in [-0.15, -0.1) is 0 Å². The smallest absolute Gasteiger partial charge is 0.322 e. The second-order valence-electron chi connectivity index (χ2n) is 3.94. The zero-order valence-corrected chi connectivity index (χ0v) is 10.1. The van der Waals surface area contributed by atoms with E-state index in [2.05, 4.69) is 20.9 Å². The Morgan fingerprint density at radius 2 is 2.26 bits per heavy atom. The lowest BCUT2D eigenvalue weighted by Crippen LogP contribution is -2.29. The lowest BCUT2D eigenvalue weighted by molar-refractivity contribution is -0.135. The van der Waals surface area contributed by atoms with E-state index in [1.807, 2.05) is 0 Å². The van der Waals surface area contributed by atoms with Gasteiger partial charge in [-0.05, 0) is 18.2 Å². The SMILES string of the molecule is O=C(O)CNC(=O)c1cccc(NC2=NCCN2)c1. The van der Waals surface area contributed by atoms with Crippen molar-refractivity contribution >= 4 is 23.5 Å². The van der Waals surface area contributed by atoms with Crippen LogP contribution in [0.1, 0.15) is 10.4 Å². The van der Waals surface area contributed by atoms with E-state index in [9.17, 15) is 9.59 Å². The Morgan fingerprint density at radius 3 is 2.95 bits per heavy atom. The van der Waals surface area contributed by atoms with E-state index in [-0.39, 0.29) is 0 Å². The number of carboxylic acid groups (broad SMARTS) is 1. The van der Waals surface area contributed by atoms with Crippen LogP contribution in [0, 0.1) is 0 Å². The summed E-state index contributed by atoms with van der Waals surface area (Å²) in [6, 6.07) is 6.77. The van der Waals surface area contributed by atoms with Crippen LogP contribution in [0.15, 0.2) is 29.3 Å². The van der Waals surface area contributed by atoms with Crippen LogP contribution in [-0.4, -0.2) is 42.6 Å². The number of rotatable bonds is 4. The molecule has 0 aromatic heterocycles. The summed E-state index contributed by atoms with van der Waals surface area (Å²) in [6.07, 6.45) is 0. The highest BCUT2D eigenvalue weighted by Gasteiger charge is 2.09. The number of guanidine groups is 1. The fourth-order valence-electron chi connectivity index (χ4n) is 1.61. The maximum Gasteiger partial charge on any atom is 0.322 e. The lowest BCUT2D eigenvalue weighted by Gasteiger charge is -2.08. The summed E-state index contributed by atoms with van der Waals surface area (Å²) in [5.41, 5.74) is 1.11. The van der Waals surface area contributed by atoms with E-state index >= 15 is 0 Å². The molecule has 1 aliphatic heterocycles. The van der Waals surface area contributed by atoms with Crippen LogP contribution in [0.25, 0.3) is 0 Å². The summed E-state index contributed by atoms with van der Waals surface area (Å²) in [6.45, 7) is 1.12. The van der Waals surface area contributed by atoms with Crippen molar-refractivity contribution in [2.45, 2.75) is 0 Å². The monoisotopic (exact) mass is 262 g/mol. The van der Waals surface area contributed by atoms with E-state index in [1.165, 1.54) is 0 Å². The van der Waals surface area contributed by atoms with Crippen LogP contribution in [0.3, 0.4) is 0 Å². The van der Waals surface area contributed by atoms with Crippen molar-refractivity contribution in [3.05, 3.63) is 29.8 Å². The van der Waals surface area contributed by atoms with Crippen LogP contribution in [0.2, 0.25) is 0 Å². The molecule has 1 aliphatic rings. The van der Waals surface area contributed by atoms with Crippen LogP contribution in [0.4, 0.5) is 5.69 Å². The molecule has 0 spiro atoms. The molecule has 0 atom stereocenters. The number of aliphatic carboxylic acids is 1.